The molecular weight excluding hydrogens is 331 g/mol. The van der Waals surface area contributed by atoms with E-state index in [2.05, 4.69) is 14.9 Å². The summed E-state index contributed by atoms with van der Waals surface area (Å²) in [7, 11) is -3.13. The van der Waals surface area contributed by atoms with E-state index in [1.54, 1.807) is 10.4 Å². The van der Waals surface area contributed by atoms with Gasteiger partial charge >= 0.3 is 0 Å². The molecule has 2 aliphatic rings. The lowest BCUT2D eigenvalue weighted by atomic mass is 10.0. The van der Waals surface area contributed by atoms with Gasteiger partial charge < -0.3 is 4.90 Å². The van der Waals surface area contributed by atoms with Gasteiger partial charge in [0.1, 0.15) is 23.5 Å². The molecule has 1 aromatic heterocycles. The van der Waals surface area contributed by atoms with Crippen LogP contribution in [0.2, 0.25) is 0 Å². The Morgan fingerprint density at radius 2 is 2.04 bits per heavy atom. The zero-order valence-corrected chi connectivity index (χ0v) is 14.0. The summed E-state index contributed by atoms with van der Waals surface area (Å²) in [5.41, 5.74) is 0.304. The van der Waals surface area contributed by atoms with Crippen LogP contribution in [0.3, 0.4) is 0 Å². The molecule has 8 heteroatoms. The van der Waals surface area contributed by atoms with Gasteiger partial charge in [0.25, 0.3) is 0 Å². The van der Waals surface area contributed by atoms with Gasteiger partial charge in [-0.25, -0.2) is 22.8 Å². The van der Waals surface area contributed by atoms with Crippen LogP contribution in [0.1, 0.15) is 19.3 Å². The Morgan fingerprint density at radius 1 is 1.17 bits per heavy atom. The van der Waals surface area contributed by atoms with Gasteiger partial charge in [-0.15, -0.1) is 0 Å². The van der Waals surface area contributed by atoms with Crippen LogP contribution in [-0.2, 0) is 10.0 Å². The highest BCUT2D eigenvalue weighted by atomic mass is 32.2. The fraction of sp³-hybridized carbons (Fsp3) is 0.500. The summed E-state index contributed by atoms with van der Waals surface area (Å²) in [4.78, 5) is 10.4. The van der Waals surface area contributed by atoms with Crippen LogP contribution in [0.25, 0.3) is 10.9 Å². The van der Waals surface area contributed by atoms with Crippen LogP contribution in [0, 0.1) is 5.82 Å². The number of benzene rings is 1. The highest BCUT2D eigenvalue weighted by Crippen LogP contribution is 2.30. The molecule has 2 saturated heterocycles. The van der Waals surface area contributed by atoms with Gasteiger partial charge in [0.15, 0.2) is 0 Å². The predicted octanol–water partition coefficient (Wildman–Crippen LogP) is 1.77. The van der Waals surface area contributed by atoms with Gasteiger partial charge in [-0.3, -0.25) is 0 Å². The summed E-state index contributed by atoms with van der Waals surface area (Å²) in [6.45, 7) is 1.97. The Balaban J connectivity index is 1.67. The molecule has 1 unspecified atom stereocenters. The van der Waals surface area contributed by atoms with Crippen molar-refractivity contribution in [3.8, 4) is 0 Å². The Hall–Kier alpha value is -1.80. The molecule has 2 aliphatic heterocycles. The van der Waals surface area contributed by atoms with E-state index in [-0.39, 0.29) is 17.6 Å². The van der Waals surface area contributed by atoms with Crippen molar-refractivity contribution in [2.24, 2.45) is 0 Å². The van der Waals surface area contributed by atoms with Gasteiger partial charge in [0.2, 0.25) is 10.0 Å². The zero-order chi connectivity index (χ0) is 16.7. The molecular formula is C16H19FN4O2S. The van der Waals surface area contributed by atoms with Gasteiger partial charge in [0, 0.05) is 31.1 Å². The van der Waals surface area contributed by atoms with Crippen molar-refractivity contribution in [1.29, 1.82) is 0 Å². The molecule has 0 amide bonds. The van der Waals surface area contributed by atoms with Crippen molar-refractivity contribution in [3.05, 3.63) is 30.3 Å². The van der Waals surface area contributed by atoms with E-state index < -0.39 is 10.0 Å². The van der Waals surface area contributed by atoms with Crippen LogP contribution in [0.5, 0.6) is 0 Å². The second kappa shape index (κ2) is 5.93. The summed E-state index contributed by atoms with van der Waals surface area (Å²) >= 11 is 0. The fourth-order valence-electron chi connectivity index (χ4n) is 3.74. The molecule has 0 N–H and O–H groups in total. The van der Waals surface area contributed by atoms with E-state index in [0.29, 0.717) is 36.2 Å². The quantitative estimate of drug-likeness (QED) is 0.826. The van der Waals surface area contributed by atoms with Gasteiger partial charge in [-0.2, -0.15) is 4.31 Å². The Kier molecular flexibility index (Phi) is 3.88. The number of anilines is 1. The molecule has 0 aliphatic carbocycles. The van der Waals surface area contributed by atoms with Crippen LogP contribution in [-0.4, -0.2) is 54.1 Å². The molecule has 4 rings (SSSR count). The maximum Gasteiger partial charge on any atom is 0.214 e. The van der Waals surface area contributed by atoms with Gasteiger partial charge in [-0.05, 0) is 31.4 Å². The summed E-state index contributed by atoms with van der Waals surface area (Å²) in [6, 6.07) is 4.81. The molecule has 0 spiro atoms. The minimum absolute atomic E-state index is 0.0372. The minimum Gasteiger partial charge on any atom is -0.354 e. The molecule has 2 aromatic rings. The molecule has 0 radical (unpaired) electrons. The van der Waals surface area contributed by atoms with Crippen molar-refractivity contribution in [3.63, 3.8) is 0 Å². The highest BCUT2D eigenvalue weighted by molar-refractivity contribution is 7.89. The Morgan fingerprint density at radius 3 is 2.83 bits per heavy atom. The van der Waals surface area contributed by atoms with Gasteiger partial charge in [0.05, 0.1) is 5.75 Å². The first kappa shape index (κ1) is 15.7. The average molecular weight is 350 g/mol. The fourth-order valence-corrected chi connectivity index (χ4v) is 5.50. The first-order chi connectivity index (χ1) is 11.6. The number of hydrogen-bond donors (Lipinski definition) is 0. The van der Waals surface area contributed by atoms with Gasteiger partial charge in [-0.1, -0.05) is 6.07 Å². The van der Waals surface area contributed by atoms with E-state index in [9.17, 15) is 12.8 Å². The second-order valence-corrected chi connectivity index (χ2v) is 8.40. The highest BCUT2D eigenvalue weighted by Gasteiger charge is 2.37. The average Bonchev–Trinajstić information content (AvgIpc) is 2.94. The lowest BCUT2D eigenvalue weighted by Gasteiger charge is -2.37. The smallest absolute Gasteiger partial charge is 0.214 e. The maximum absolute atomic E-state index is 14.0. The van der Waals surface area contributed by atoms with Crippen molar-refractivity contribution in [1.82, 2.24) is 14.3 Å². The number of sulfonamides is 1. The van der Waals surface area contributed by atoms with E-state index in [1.807, 2.05) is 6.07 Å². The molecule has 24 heavy (non-hydrogen) atoms. The number of piperidine rings is 1. The molecule has 128 valence electrons. The zero-order valence-electron chi connectivity index (χ0n) is 13.2. The lowest BCUT2D eigenvalue weighted by molar-refractivity contribution is 0.298. The van der Waals surface area contributed by atoms with Crippen molar-refractivity contribution < 1.29 is 12.8 Å². The van der Waals surface area contributed by atoms with E-state index in [0.717, 1.165) is 19.4 Å². The molecule has 2 fully saturated rings. The van der Waals surface area contributed by atoms with E-state index in [1.165, 1.54) is 12.4 Å². The monoisotopic (exact) mass is 350 g/mol. The molecule has 6 nitrogen and oxygen atoms in total. The van der Waals surface area contributed by atoms with Crippen LogP contribution in [0.15, 0.2) is 24.5 Å². The maximum atomic E-state index is 14.0. The predicted molar refractivity (Wildman–Crippen MR) is 89.8 cm³/mol. The van der Waals surface area contributed by atoms with Crippen LogP contribution in [0.4, 0.5) is 10.2 Å². The van der Waals surface area contributed by atoms with Crippen molar-refractivity contribution in [2.75, 3.05) is 30.3 Å². The number of nitrogens with zero attached hydrogens (tertiary/aromatic N) is 4. The number of aromatic nitrogens is 2. The number of rotatable bonds is 2. The molecule has 1 atom stereocenters. The number of para-hydroxylation sites is 1. The summed E-state index contributed by atoms with van der Waals surface area (Å²) < 4.78 is 40.0. The normalized spacial score (nSPS) is 24.5. The third-order valence-corrected chi connectivity index (χ3v) is 6.84. The molecule has 0 bridgehead atoms. The molecule has 3 heterocycles. The van der Waals surface area contributed by atoms with E-state index >= 15 is 0 Å². The SMILES string of the molecule is O=S1(=O)CCCN1C1CCCN(c2ncnc3c(F)cccc23)C1. The lowest BCUT2D eigenvalue weighted by Crippen LogP contribution is -2.48. The topological polar surface area (TPSA) is 66.4 Å². The Labute approximate surface area is 140 Å². The summed E-state index contributed by atoms with van der Waals surface area (Å²) in [5.74, 6) is 0.554. The largest absolute Gasteiger partial charge is 0.354 e. The summed E-state index contributed by atoms with van der Waals surface area (Å²) in [6.07, 6.45) is 3.81. The number of hydrogen-bond acceptors (Lipinski definition) is 5. The number of fused-ring (bicyclic) bond motifs is 1. The first-order valence-electron chi connectivity index (χ1n) is 8.20. The molecule has 0 saturated carbocycles. The summed E-state index contributed by atoms with van der Waals surface area (Å²) in [5, 5.41) is 0.669. The Bertz CT molecular complexity index is 874. The first-order valence-corrected chi connectivity index (χ1v) is 9.81. The number of halogens is 1. The van der Waals surface area contributed by atoms with Crippen LogP contribution < -0.4 is 4.90 Å². The minimum atomic E-state index is -3.13. The second-order valence-electron chi connectivity index (χ2n) is 6.36. The van der Waals surface area contributed by atoms with Crippen molar-refractivity contribution >= 4 is 26.7 Å². The van der Waals surface area contributed by atoms with E-state index in [4.69, 9.17) is 0 Å². The third kappa shape index (κ3) is 2.63. The van der Waals surface area contributed by atoms with Crippen molar-refractivity contribution in [2.45, 2.75) is 25.3 Å². The standard InChI is InChI=1S/C16H19FN4O2S/c17-14-6-1-5-13-15(14)18-11-19-16(13)20-7-2-4-12(10-20)21-8-3-9-24(21,22)23/h1,5-6,11-12H,2-4,7-10H2. The third-order valence-electron chi connectivity index (χ3n) is 4.84. The molecule has 1 aromatic carbocycles. The van der Waals surface area contributed by atoms with Crippen LogP contribution >= 0.6 is 0 Å².